The van der Waals surface area contributed by atoms with E-state index in [-0.39, 0.29) is 0 Å². The molecule has 0 bridgehead atoms. The molecule has 0 radical (unpaired) electrons. The number of nitrogens with zero attached hydrogens (tertiary/aromatic N) is 1. The average Bonchev–Trinajstić information content (AvgIpc) is 3.19. The first-order valence-electron chi connectivity index (χ1n) is 10.1. The minimum Gasteiger partial charge on any atom is -0.480 e. The number of carboxylic acid groups (broad SMARTS) is 1. The maximum Gasteiger partial charge on any atom is 0.320 e. The zero-order valence-electron chi connectivity index (χ0n) is 17.7. The summed E-state index contributed by atoms with van der Waals surface area (Å²) in [6, 6.07) is 19.8. The van der Waals surface area contributed by atoms with E-state index in [2.05, 4.69) is 30.4 Å². The van der Waals surface area contributed by atoms with Crippen LogP contribution >= 0.6 is 11.8 Å². The molecule has 0 amide bonds. The highest BCUT2D eigenvalue weighted by Crippen LogP contribution is 2.34. The number of benzene rings is 3. The first-order chi connectivity index (χ1) is 15.0. The maximum absolute atomic E-state index is 11.1. The minimum atomic E-state index is -0.871. The van der Waals surface area contributed by atoms with Crippen LogP contribution in [0.25, 0.3) is 33.7 Å². The van der Waals surface area contributed by atoms with Gasteiger partial charge in [0.1, 0.15) is 11.6 Å². The largest absolute Gasteiger partial charge is 0.480 e. The van der Waals surface area contributed by atoms with E-state index in [1.165, 1.54) is 0 Å². The lowest BCUT2D eigenvalue weighted by atomic mass is 9.96. The maximum atomic E-state index is 11.1. The number of fused-ring (bicyclic) bond motifs is 1. The topological polar surface area (TPSA) is 75.4 Å². The SMILES string of the molecule is CSc1cc2oc(-c3cccc(-c4ccccc4)c3C)nc2cc1CN[C@@H](C)C(=O)O. The molecule has 31 heavy (non-hydrogen) atoms. The molecule has 5 nitrogen and oxygen atoms in total. The minimum absolute atomic E-state index is 0.449. The van der Waals surface area contributed by atoms with Gasteiger partial charge in [0, 0.05) is 17.0 Å². The number of aliphatic carboxylic acids is 1. The van der Waals surface area contributed by atoms with Crippen molar-refractivity contribution in [2.24, 2.45) is 0 Å². The summed E-state index contributed by atoms with van der Waals surface area (Å²) < 4.78 is 6.15. The second kappa shape index (κ2) is 8.96. The molecule has 6 heteroatoms. The summed E-state index contributed by atoms with van der Waals surface area (Å²) in [7, 11) is 0. The number of thioether (sulfide) groups is 1. The summed E-state index contributed by atoms with van der Waals surface area (Å²) in [4.78, 5) is 16.9. The molecule has 1 heterocycles. The van der Waals surface area contributed by atoms with Gasteiger partial charge in [-0.1, -0.05) is 42.5 Å². The van der Waals surface area contributed by atoms with Crippen LogP contribution < -0.4 is 5.32 Å². The predicted octanol–water partition coefficient (Wildman–Crippen LogP) is 5.75. The van der Waals surface area contributed by atoms with Crippen molar-refractivity contribution in [2.45, 2.75) is 31.3 Å². The number of rotatable bonds is 7. The molecule has 2 N–H and O–H groups in total. The highest BCUT2D eigenvalue weighted by molar-refractivity contribution is 7.98. The van der Waals surface area contributed by atoms with Crippen LogP contribution in [0, 0.1) is 6.92 Å². The molecule has 0 spiro atoms. The summed E-state index contributed by atoms with van der Waals surface area (Å²) in [5, 5.41) is 12.2. The smallest absolute Gasteiger partial charge is 0.320 e. The number of hydrogen-bond donors (Lipinski definition) is 2. The fourth-order valence-electron chi connectivity index (χ4n) is 3.59. The molecule has 0 aliphatic rings. The molecular formula is C25H24N2O3S. The van der Waals surface area contributed by atoms with E-state index in [9.17, 15) is 4.79 Å². The van der Waals surface area contributed by atoms with E-state index < -0.39 is 12.0 Å². The molecule has 158 valence electrons. The fraction of sp³-hybridized carbons (Fsp3) is 0.200. The zero-order valence-corrected chi connectivity index (χ0v) is 18.5. The molecule has 0 aliphatic carbocycles. The average molecular weight is 433 g/mol. The first kappa shape index (κ1) is 21.2. The van der Waals surface area contributed by atoms with Crippen molar-refractivity contribution in [1.82, 2.24) is 10.3 Å². The third kappa shape index (κ3) is 4.36. The third-order valence-electron chi connectivity index (χ3n) is 5.41. The fourth-order valence-corrected chi connectivity index (χ4v) is 4.21. The molecule has 0 saturated heterocycles. The molecular weight excluding hydrogens is 408 g/mol. The molecule has 4 rings (SSSR count). The van der Waals surface area contributed by atoms with E-state index >= 15 is 0 Å². The molecule has 3 aromatic carbocycles. The van der Waals surface area contributed by atoms with Crippen LogP contribution in [0.1, 0.15) is 18.1 Å². The van der Waals surface area contributed by atoms with Crippen molar-refractivity contribution < 1.29 is 14.3 Å². The van der Waals surface area contributed by atoms with E-state index in [1.807, 2.05) is 48.7 Å². The number of carboxylic acids is 1. The van der Waals surface area contributed by atoms with Crippen LogP contribution in [-0.4, -0.2) is 28.4 Å². The molecule has 1 aromatic heterocycles. The number of carbonyl (C=O) groups is 1. The number of oxazole rings is 1. The van der Waals surface area contributed by atoms with Crippen LogP contribution in [0.3, 0.4) is 0 Å². The molecule has 1 atom stereocenters. The molecule has 0 saturated carbocycles. The predicted molar refractivity (Wildman–Crippen MR) is 125 cm³/mol. The van der Waals surface area contributed by atoms with E-state index in [0.29, 0.717) is 12.4 Å². The van der Waals surface area contributed by atoms with E-state index in [0.717, 1.165) is 43.8 Å². The molecule has 0 fully saturated rings. The van der Waals surface area contributed by atoms with Gasteiger partial charge in [0.2, 0.25) is 5.89 Å². The van der Waals surface area contributed by atoms with Crippen molar-refractivity contribution in [2.75, 3.05) is 6.26 Å². The monoisotopic (exact) mass is 432 g/mol. The van der Waals surface area contributed by atoms with Gasteiger partial charge in [-0.3, -0.25) is 4.79 Å². The molecule has 4 aromatic rings. The number of hydrogen-bond acceptors (Lipinski definition) is 5. The van der Waals surface area contributed by atoms with Crippen LogP contribution in [-0.2, 0) is 11.3 Å². The van der Waals surface area contributed by atoms with Gasteiger partial charge in [-0.05, 0) is 60.6 Å². The normalized spacial score (nSPS) is 12.2. The highest BCUT2D eigenvalue weighted by atomic mass is 32.2. The summed E-state index contributed by atoms with van der Waals surface area (Å²) in [6.07, 6.45) is 2.00. The van der Waals surface area contributed by atoms with Crippen molar-refractivity contribution >= 4 is 28.8 Å². The Labute approximate surface area is 185 Å². The standard InChI is InChI=1S/C25H24N2O3S/c1-15-19(17-8-5-4-6-9-17)10-7-11-20(15)24-27-21-12-18(14-26-16(2)25(28)29)23(31-3)13-22(21)30-24/h4-13,16,26H,14H2,1-3H3,(H,28,29)/t16-/m0/s1. The van der Waals surface area contributed by atoms with Crippen LogP contribution in [0.15, 0.2) is 70.0 Å². The van der Waals surface area contributed by atoms with Gasteiger partial charge >= 0.3 is 5.97 Å². The first-order valence-corrected chi connectivity index (χ1v) is 11.3. The highest BCUT2D eigenvalue weighted by Gasteiger charge is 2.16. The lowest BCUT2D eigenvalue weighted by Crippen LogP contribution is -2.33. The van der Waals surface area contributed by atoms with Crippen molar-refractivity contribution in [3.05, 3.63) is 71.8 Å². The van der Waals surface area contributed by atoms with E-state index in [4.69, 9.17) is 14.5 Å². The van der Waals surface area contributed by atoms with Crippen molar-refractivity contribution in [3.63, 3.8) is 0 Å². The Kier molecular flexibility index (Phi) is 6.11. The van der Waals surface area contributed by atoms with E-state index in [1.54, 1.807) is 18.7 Å². The second-order valence-corrected chi connectivity index (χ2v) is 8.28. The van der Waals surface area contributed by atoms with Crippen LogP contribution in [0.4, 0.5) is 0 Å². The van der Waals surface area contributed by atoms with Gasteiger partial charge in [0.15, 0.2) is 5.58 Å². The van der Waals surface area contributed by atoms with Crippen LogP contribution in [0.2, 0.25) is 0 Å². The third-order valence-corrected chi connectivity index (χ3v) is 6.23. The van der Waals surface area contributed by atoms with Crippen molar-refractivity contribution in [3.8, 4) is 22.6 Å². The summed E-state index contributed by atoms with van der Waals surface area (Å²) in [6.45, 7) is 4.17. The lowest BCUT2D eigenvalue weighted by molar-refractivity contribution is -0.139. The van der Waals surface area contributed by atoms with Crippen molar-refractivity contribution in [1.29, 1.82) is 0 Å². The summed E-state index contributed by atoms with van der Waals surface area (Å²) >= 11 is 1.60. The Hall–Kier alpha value is -3.09. The van der Waals surface area contributed by atoms with Gasteiger partial charge in [-0.25, -0.2) is 4.98 Å². The Bertz CT molecular complexity index is 1230. The molecule has 0 unspecified atom stereocenters. The van der Waals surface area contributed by atoms with Gasteiger partial charge in [-0.2, -0.15) is 0 Å². The Balaban J connectivity index is 1.72. The van der Waals surface area contributed by atoms with Crippen LogP contribution in [0.5, 0.6) is 0 Å². The lowest BCUT2D eigenvalue weighted by Gasteiger charge is -2.11. The Morgan fingerprint density at radius 2 is 1.87 bits per heavy atom. The van der Waals surface area contributed by atoms with Gasteiger partial charge < -0.3 is 14.8 Å². The number of aromatic nitrogens is 1. The quantitative estimate of drug-likeness (QED) is 0.362. The Morgan fingerprint density at radius 3 is 2.58 bits per heavy atom. The Morgan fingerprint density at radius 1 is 1.13 bits per heavy atom. The second-order valence-electron chi connectivity index (χ2n) is 7.44. The zero-order chi connectivity index (χ0) is 22.0. The summed E-state index contributed by atoms with van der Waals surface area (Å²) in [5.74, 6) is -0.286. The van der Waals surface area contributed by atoms with Gasteiger partial charge in [0.25, 0.3) is 0 Å². The van der Waals surface area contributed by atoms with Gasteiger partial charge in [-0.15, -0.1) is 11.8 Å². The number of nitrogens with one attached hydrogen (secondary N) is 1. The summed E-state index contributed by atoms with van der Waals surface area (Å²) in [5.41, 5.74) is 6.87. The molecule has 0 aliphatic heterocycles. The van der Waals surface area contributed by atoms with Gasteiger partial charge in [0.05, 0.1) is 0 Å².